The molecule has 4 aliphatic heterocycles. The first-order chi connectivity index (χ1) is 19.5. The van der Waals surface area contributed by atoms with Crippen molar-refractivity contribution in [2.45, 2.75) is 70.1 Å². The number of hydrogen-bond acceptors (Lipinski definition) is 6. The first-order valence-corrected chi connectivity index (χ1v) is 14.9. The van der Waals surface area contributed by atoms with Crippen LogP contribution >= 0.6 is 0 Å². The molecule has 4 aliphatic rings. The zero-order valence-corrected chi connectivity index (χ0v) is 23.2. The lowest BCUT2D eigenvalue weighted by molar-refractivity contribution is -0.136. The van der Waals surface area contributed by atoms with Gasteiger partial charge in [0, 0.05) is 37.7 Å². The number of amides is 3. The lowest BCUT2D eigenvalue weighted by Crippen LogP contribution is -2.52. The standard InChI is InChI=1S/C32H40N4O4/c37-30-12-11-29(31(38)33-30)36-21-25-18-27(9-10-28(25)32(36)39)40-22-26-8-4-5-15-35(26)20-24-13-16-34(17-14-24)19-23-6-2-1-3-7-23/h1-3,6-7,9-10,18,24,26,29H,4-5,8,11-17,19-22H2,(H,33,37,38)/t26-,29?/m1/s1. The molecule has 40 heavy (non-hydrogen) atoms. The average Bonchev–Trinajstić information content (AvgIpc) is 3.29. The van der Waals surface area contributed by atoms with Gasteiger partial charge >= 0.3 is 0 Å². The Kier molecular flexibility index (Phi) is 8.16. The van der Waals surface area contributed by atoms with E-state index in [1.54, 1.807) is 4.90 Å². The third-order valence-corrected chi connectivity index (χ3v) is 9.14. The molecule has 2 aromatic carbocycles. The Bertz CT molecular complexity index is 1230. The maximum Gasteiger partial charge on any atom is 0.255 e. The van der Waals surface area contributed by atoms with Crippen LogP contribution in [0.2, 0.25) is 0 Å². The van der Waals surface area contributed by atoms with Gasteiger partial charge in [-0.05, 0) is 87.0 Å². The number of fused-ring (bicyclic) bond motifs is 1. The summed E-state index contributed by atoms with van der Waals surface area (Å²) in [5.74, 6) is 0.706. The molecule has 0 spiro atoms. The molecule has 8 nitrogen and oxygen atoms in total. The Morgan fingerprint density at radius 1 is 0.900 bits per heavy atom. The molecule has 0 bridgehead atoms. The number of likely N-dealkylation sites (tertiary alicyclic amines) is 2. The first-order valence-electron chi connectivity index (χ1n) is 14.9. The number of carbonyl (C=O) groups excluding carboxylic acids is 3. The van der Waals surface area contributed by atoms with E-state index in [0.717, 1.165) is 56.4 Å². The molecule has 1 unspecified atom stereocenters. The molecule has 2 atom stereocenters. The van der Waals surface area contributed by atoms with E-state index in [4.69, 9.17) is 4.74 Å². The van der Waals surface area contributed by atoms with E-state index in [0.29, 0.717) is 31.2 Å². The molecule has 0 radical (unpaired) electrons. The van der Waals surface area contributed by atoms with Gasteiger partial charge in [-0.25, -0.2) is 0 Å². The smallest absolute Gasteiger partial charge is 0.255 e. The summed E-state index contributed by atoms with van der Waals surface area (Å²) in [6.45, 7) is 6.68. The van der Waals surface area contributed by atoms with Gasteiger partial charge in [0.1, 0.15) is 18.4 Å². The Labute approximate surface area is 236 Å². The number of ether oxygens (including phenoxy) is 1. The second-order valence-electron chi connectivity index (χ2n) is 11.9. The molecular formula is C32H40N4O4. The van der Waals surface area contributed by atoms with Crippen LogP contribution in [-0.4, -0.2) is 77.3 Å². The number of carbonyl (C=O) groups is 3. The maximum absolute atomic E-state index is 13.0. The number of nitrogens with one attached hydrogen (secondary N) is 1. The molecule has 212 valence electrons. The van der Waals surface area contributed by atoms with Crippen LogP contribution in [0.5, 0.6) is 5.75 Å². The highest BCUT2D eigenvalue weighted by molar-refractivity contribution is 6.05. The summed E-state index contributed by atoms with van der Waals surface area (Å²) < 4.78 is 6.32. The number of piperidine rings is 3. The van der Waals surface area contributed by atoms with Crippen molar-refractivity contribution in [3.8, 4) is 5.75 Å². The van der Waals surface area contributed by atoms with Gasteiger partial charge in [-0.1, -0.05) is 36.8 Å². The third-order valence-electron chi connectivity index (χ3n) is 9.14. The maximum atomic E-state index is 13.0. The first kappa shape index (κ1) is 27.0. The highest BCUT2D eigenvalue weighted by Gasteiger charge is 2.39. The summed E-state index contributed by atoms with van der Waals surface area (Å²) in [7, 11) is 0. The molecule has 3 fully saturated rings. The highest BCUT2D eigenvalue weighted by atomic mass is 16.5. The van der Waals surface area contributed by atoms with Crippen LogP contribution in [0.1, 0.15) is 66.4 Å². The van der Waals surface area contributed by atoms with Crippen LogP contribution in [0.15, 0.2) is 48.5 Å². The number of hydrogen-bond donors (Lipinski definition) is 1. The van der Waals surface area contributed by atoms with Gasteiger partial charge in [-0.2, -0.15) is 0 Å². The van der Waals surface area contributed by atoms with Gasteiger partial charge in [0.25, 0.3) is 5.91 Å². The molecule has 0 aliphatic carbocycles. The third kappa shape index (κ3) is 6.08. The van der Waals surface area contributed by atoms with E-state index in [1.807, 2.05) is 18.2 Å². The summed E-state index contributed by atoms with van der Waals surface area (Å²) in [6, 6.07) is 16.2. The molecule has 0 saturated carbocycles. The Morgan fingerprint density at radius 3 is 2.52 bits per heavy atom. The summed E-state index contributed by atoms with van der Waals surface area (Å²) in [5.41, 5.74) is 2.90. The van der Waals surface area contributed by atoms with Gasteiger partial charge < -0.3 is 9.64 Å². The minimum atomic E-state index is -0.594. The second kappa shape index (κ2) is 12.1. The molecule has 4 heterocycles. The van der Waals surface area contributed by atoms with Crippen molar-refractivity contribution in [3.05, 3.63) is 65.2 Å². The van der Waals surface area contributed by atoms with E-state index >= 15 is 0 Å². The highest BCUT2D eigenvalue weighted by Crippen LogP contribution is 2.31. The molecule has 3 saturated heterocycles. The Balaban J connectivity index is 1.01. The predicted octanol–water partition coefficient (Wildman–Crippen LogP) is 3.59. The van der Waals surface area contributed by atoms with Crippen molar-refractivity contribution >= 4 is 17.7 Å². The number of benzene rings is 2. The molecule has 8 heteroatoms. The summed E-state index contributed by atoms with van der Waals surface area (Å²) in [5, 5.41) is 2.36. The van der Waals surface area contributed by atoms with E-state index in [2.05, 4.69) is 45.4 Å². The largest absolute Gasteiger partial charge is 0.492 e. The van der Waals surface area contributed by atoms with Crippen LogP contribution in [-0.2, 0) is 22.7 Å². The topological polar surface area (TPSA) is 82.2 Å². The summed E-state index contributed by atoms with van der Waals surface area (Å²) in [4.78, 5) is 43.7. The van der Waals surface area contributed by atoms with Crippen molar-refractivity contribution < 1.29 is 19.1 Å². The van der Waals surface area contributed by atoms with Crippen LogP contribution in [0.25, 0.3) is 0 Å². The van der Waals surface area contributed by atoms with Gasteiger partial charge in [-0.15, -0.1) is 0 Å². The van der Waals surface area contributed by atoms with E-state index in [1.165, 1.54) is 31.2 Å². The zero-order valence-electron chi connectivity index (χ0n) is 23.2. The summed E-state index contributed by atoms with van der Waals surface area (Å²) >= 11 is 0. The molecular weight excluding hydrogens is 504 g/mol. The monoisotopic (exact) mass is 544 g/mol. The van der Waals surface area contributed by atoms with Gasteiger partial charge in [0.05, 0.1) is 0 Å². The average molecular weight is 545 g/mol. The fourth-order valence-corrected chi connectivity index (χ4v) is 6.82. The Hall–Kier alpha value is -3.23. The predicted molar refractivity (Wildman–Crippen MR) is 152 cm³/mol. The number of rotatable bonds is 8. The van der Waals surface area contributed by atoms with Crippen molar-refractivity contribution in [1.29, 1.82) is 0 Å². The molecule has 1 N–H and O–H groups in total. The molecule has 2 aromatic rings. The molecule has 3 amide bonds. The minimum Gasteiger partial charge on any atom is -0.492 e. The van der Waals surface area contributed by atoms with Crippen LogP contribution in [0.4, 0.5) is 0 Å². The normalized spacial score (nSPS) is 24.7. The molecule has 6 rings (SSSR count). The SMILES string of the molecule is O=C1CCC(N2Cc3cc(OC[C@H]4CCCCN4CC4CCN(Cc5ccccc5)CC4)ccc3C2=O)C(=O)N1. The van der Waals surface area contributed by atoms with Crippen molar-refractivity contribution in [1.82, 2.24) is 20.0 Å². The van der Waals surface area contributed by atoms with Crippen LogP contribution in [0.3, 0.4) is 0 Å². The van der Waals surface area contributed by atoms with Gasteiger partial charge in [0.15, 0.2) is 0 Å². The fourth-order valence-electron chi connectivity index (χ4n) is 6.82. The number of imide groups is 1. The fraction of sp³-hybridized carbons (Fsp3) is 0.531. The van der Waals surface area contributed by atoms with Crippen molar-refractivity contribution in [2.24, 2.45) is 5.92 Å². The lowest BCUT2D eigenvalue weighted by atomic mass is 9.93. The minimum absolute atomic E-state index is 0.149. The quantitative estimate of drug-likeness (QED) is 0.512. The lowest BCUT2D eigenvalue weighted by Gasteiger charge is -2.40. The van der Waals surface area contributed by atoms with Gasteiger partial charge in [0.2, 0.25) is 11.8 Å². The van der Waals surface area contributed by atoms with E-state index in [-0.39, 0.29) is 24.1 Å². The molecule has 0 aromatic heterocycles. The van der Waals surface area contributed by atoms with E-state index in [9.17, 15) is 14.4 Å². The van der Waals surface area contributed by atoms with Crippen molar-refractivity contribution in [3.63, 3.8) is 0 Å². The summed E-state index contributed by atoms with van der Waals surface area (Å²) in [6.07, 6.45) is 6.77. The van der Waals surface area contributed by atoms with Crippen LogP contribution in [0, 0.1) is 5.92 Å². The van der Waals surface area contributed by atoms with Crippen LogP contribution < -0.4 is 10.1 Å². The van der Waals surface area contributed by atoms with Gasteiger partial charge in [-0.3, -0.25) is 29.5 Å². The van der Waals surface area contributed by atoms with Crippen molar-refractivity contribution in [2.75, 3.05) is 32.8 Å². The van der Waals surface area contributed by atoms with E-state index < -0.39 is 6.04 Å². The zero-order chi connectivity index (χ0) is 27.5. The number of nitrogens with zero attached hydrogens (tertiary/aromatic N) is 3. The Morgan fingerprint density at radius 2 is 1.73 bits per heavy atom. The second-order valence-corrected chi connectivity index (χ2v) is 11.9.